The number of nitrogens with one attached hydrogen (secondary N) is 2. The molecule has 3 amide bonds. The van der Waals surface area contributed by atoms with Crippen molar-refractivity contribution in [3.8, 4) is 28.7 Å². The largest absolute Gasteiger partial charge is 0.489 e. The Morgan fingerprint density at radius 3 is 2.30 bits per heavy atom. The fourth-order valence-corrected chi connectivity index (χ4v) is 7.17. The summed E-state index contributed by atoms with van der Waals surface area (Å²) < 4.78 is 17.8. The Balaban J connectivity index is 1.06. The zero-order valence-corrected chi connectivity index (χ0v) is 34.2. The zero-order chi connectivity index (χ0) is 42.7. The maximum absolute atomic E-state index is 14.0. The van der Waals surface area contributed by atoms with Gasteiger partial charge in [0.25, 0.3) is 5.91 Å². The highest BCUT2D eigenvalue weighted by molar-refractivity contribution is 6.41. The topological polar surface area (TPSA) is 180 Å². The van der Waals surface area contributed by atoms with Gasteiger partial charge in [-0.25, -0.2) is 14.6 Å². The Morgan fingerprint density at radius 2 is 1.67 bits per heavy atom. The first-order chi connectivity index (χ1) is 28.6. The van der Waals surface area contributed by atoms with Crippen LogP contribution in [-0.4, -0.2) is 56.6 Å². The van der Waals surface area contributed by atoms with E-state index in [0.29, 0.717) is 50.0 Å². The second-order valence-electron chi connectivity index (χ2n) is 15.4. The third kappa shape index (κ3) is 9.63. The van der Waals surface area contributed by atoms with Gasteiger partial charge in [-0.1, -0.05) is 71.7 Å². The first-order valence-electron chi connectivity index (χ1n) is 18.9. The molecule has 3 N–H and O–H groups in total. The molecule has 0 saturated heterocycles. The molecule has 0 bridgehead atoms. The van der Waals surface area contributed by atoms with Gasteiger partial charge < -0.3 is 30.0 Å². The van der Waals surface area contributed by atoms with E-state index in [1.54, 1.807) is 93.7 Å². The number of amides is 3. The molecule has 4 aromatic carbocycles. The van der Waals surface area contributed by atoms with Crippen molar-refractivity contribution < 1.29 is 38.5 Å². The lowest BCUT2D eigenvalue weighted by atomic mass is 9.92. The molecule has 5 aromatic rings. The monoisotopic (exact) mass is 847 g/mol. The van der Waals surface area contributed by atoms with E-state index in [2.05, 4.69) is 21.7 Å². The zero-order valence-electron chi connectivity index (χ0n) is 32.7. The molecule has 1 unspecified atom stereocenters. The molecule has 0 radical (unpaired) electrons. The molecular formula is C45H39Cl2N5O8. The number of aliphatic carboxylic acids is 1. The lowest BCUT2D eigenvalue weighted by Gasteiger charge is -2.38. The van der Waals surface area contributed by atoms with Crippen LogP contribution in [0.2, 0.25) is 10.2 Å². The standard InChI is InChI=1S/C45H39Cl2N5O8/c1-45(2,3)60-44(57)52-23-32-20-38-35(50-42(54)39(59-38)30-12-14-33(15-13-30)58-24-27-16-34(46)40(47)49-22-27)18-31(32)19-37(52)41(53)51-36(43(55)56)17-25-4-8-28(9-5-25)29-10-6-26(21-48)7-11-29/h4-16,18,20,22,36-37,39H,17,19,23-24H2,1-3H3,(H,50,54)(H,51,53)(H,55,56)/t36-,37?,39-/m0/s1. The Hall–Kier alpha value is -6.62. The number of anilines is 1. The summed E-state index contributed by atoms with van der Waals surface area (Å²) in [5.41, 5.74) is 5.11. The first-order valence-corrected chi connectivity index (χ1v) is 19.7. The number of halogens is 2. The summed E-state index contributed by atoms with van der Waals surface area (Å²) in [6.07, 6.45) is -0.180. The van der Waals surface area contributed by atoms with Crippen molar-refractivity contribution in [2.45, 2.75) is 70.6 Å². The van der Waals surface area contributed by atoms with Crippen molar-refractivity contribution in [1.82, 2.24) is 15.2 Å². The van der Waals surface area contributed by atoms with Crippen molar-refractivity contribution in [3.05, 3.63) is 141 Å². The summed E-state index contributed by atoms with van der Waals surface area (Å²) in [6, 6.07) is 26.0. The Morgan fingerprint density at radius 1 is 0.983 bits per heavy atom. The smallest absolute Gasteiger partial charge is 0.411 e. The van der Waals surface area contributed by atoms with E-state index in [0.717, 1.165) is 16.7 Å². The highest BCUT2D eigenvalue weighted by atomic mass is 35.5. The lowest BCUT2D eigenvalue weighted by molar-refractivity contribution is -0.142. The van der Waals surface area contributed by atoms with Crippen LogP contribution in [0, 0.1) is 11.3 Å². The molecule has 0 fully saturated rings. The SMILES string of the molecule is CC(C)(C)OC(=O)N1Cc2cc3c(cc2CC1C(=O)N[C@@H](Cc1ccc(-c2ccc(C#N)cc2)cc1)C(=O)O)NC(=O)[C@H](c1ccc(OCc2cnc(Cl)c(Cl)c2)cc1)O3. The summed E-state index contributed by atoms with van der Waals surface area (Å²) in [5, 5.41) is 25.4. The Bertz CT molecular complexity index is 2500. The molecule has 0 spiro atoms. The van der Waals surface area contributed by atoms with Crippen molar-refractivity contribution in [2.75, 3.05) is 5.32 Å². The predicted molar refractivity (Wildman–Crippen MR) is 223 cm³/mol. The van der Waals surface area contributed by atoms with Gasteiger partial charge in [-0.15, -0.1) is 0 Å². The fourth-order valence-electron chi connectivity index (χ4n) is 6.88. The number of nitrogens with zero attached hydrogens (tertiary/aromatic N) is 3. The predicted octanol–water partition coefficient (Wildman–Crippen LogP) is 8.05. The molecular weight excluding hydrogens is 809 g/mol. The Labute approximate surface area is 355 Å². The minimum Gasteiger partial charge on any atom is -0.489 e. The highest BCUT2D eigenvalue weighted by Crippen LogP contribution is 2.40. The summed E-state index contributed by atoms with van der Waals surface area (Å²) in [6.45, 7) is 5.28. The van der Waals surface area contributed by atoms with E-state index in [4.69, 9.17) is 42.7 Å². The molecule has 7 rings (SSSR count). The van der Waals surface area contributed by atoms with Gasteiger partial charge in [0.2, 0.25) is 12.0 Å². The second-order valence-corrected chi connectivity index (χ2v) is 16.2. The van der Waals surface area contributed by atoms with Crippen LogP contribution in [0.5, 0.6) is 11.5 Å². The van der Waals surface area contributed by atoms with Gasteiger partial charge in [0.1, 0.15) is 40.9 Å². The Kier molecular flexibility index (Phi) is 12.0. The van der Waals surface area contributed by atoms with Gasteiger partial charge in [0.15, 0.2) is 0 Å². The molecule has 0 saturated carbocycles. The van der Waals surface area contributed by atoms with Crippen LogP contribution < -0.4 is 20.1 Å². The van der Waals surface area contributed by atoms with Crippen LogP contribution >= 0.6 is 23.2 Å². The normalized spacial score (nSPS) is 16.2. The number of carboxylic acid groups (broad SMARTS) is 1. The number of hydrogen-bond acceptors (Lipinski definition) is 9. The number of carbonyl (C=O) groups excluding carboxylic acids is 3. The van der Waals surface area contributed by atoms with Crippen molar-refractivity contribution in [2.24, 2.45) is 0 Å². The van der Waals surface area contributed by atoms with E-state index < -0.39 is 47.7 Å². The number of benzene rings is 4. The van der Waals surface area contributed by atoms with Gasteiger partial charge in [-0.2, -0.15) is 5.26 Å². The summed E-state index contributed by atoms with van der Waals surface area (Å²) in [5.74, 6) is -1.42. The first kappa shape index (κ1) is 41.5. The molecule has 1 aromatic heterocycles. The number of nitriles is 1. The van der Waals surface area contributed by atoms with Gasteiger partial charge >= 0.3 is 12.1 Å². The van der Waals surface area contributed by atoms with E-state index in [1.165, 1.54) is 4.90 Å². The van der Waals surface area contributed by atoms with Crippen LogP contribution in [0.4, 0.5) is 10.5 Å². The van der Waals surface area contributed by atoms with E-state index in [-0.39, 0.29) is 31.1 Å². The molecule has 15 heteroatoms. The lowest BCUT2D eigenvalue weighted by Crippen LogP contribution is -2.56. The van der Waals surface area contributed by atoms with Crippen LogP contribution in [0.3, 0.4) is 0 Å². The maximum atomic E-state index is 14.0. The number of pyridine rings is 1. The fraction of sp³-hybridized carbons (Fsp3) is 0.244. The number of rotatable bonds is 10. The number of aromatic nitrogens is 1. The van der Waals surface area contributed by atoms with Gasteiger partial charge in [-0.3, -0.25) is 14.5 Å². The average Bonchev–Trinajstić information content (AvgIpc) is 3.22. The number of carboxylic acids is 1. The highest BCUT2D eigenvalue weighted by Gasteiger charge is 2.40. The molecule has 306 valence electrons. The number of fused-ring (bicyclic) bond motifs is 2. The summed E-state index contributed by atoms with van der Waals surface area (Å²) in [7, 11) is 0. The van der Waals surface area contributed by atoms with E-state index >= 15 is 0 Å². The van der Waals surface area contributed by atoms with Gasteiger partial charge in [0, 0.05) is 30.2 Å². The summed E-state index contributed by atoms with van der Waals surface area (Å²) >= 11 is 12.0. The second kappa shape index (κ2) is 17.3. The van der Waals surface area contributed by atoms with Crippen molar-refractivity contribution >= 4 is 52.8 Å². The minimum atomic E-state index is -1.31. The molecule has 2 aliphatic heterocycles. The molecule has 0 aliphatic carbocycles. The molecule has 60 heavy (non-hydrogen) atoms. The number of ether oxygens (including phenoxy) is 3. The van der Waals surface area contributed by atoms with E-state index in [9.17, 15) is 24.3 Å². The number of carbonyl (C=O) groups is 4. The quantitative estimate of drug-likeness (QED) is 0.116. The third-order valence-corrected chi connectivity index (χ3v) is 10.6. The molecule has 3 heterocycles. The van der Waals surface area contributed by atoms with Crippen molar-refractivity contribution in [1.29, 1.82) is 5.26 Å². The molecule has 13 nitrogen and oxygen atoms in total. The van der Waals surface area contributed by atoms with Crippen molar-refractivity contribution in [3.63, 3.8) is 0 Å². The summed E-state index contributed by atoms with van der Waals surface area (Å²) in [4.78, 5) is 58.9. The van der Waals surface area contributed by atoms with Crippen LogP contribution in [0.25, 0.3) is 11.1 Å². The average molecular weight is 849 g/mol. The third-order valence-electron chi connectivity index (χ3n) is 9.90. The van der Waals surface area contributed by atoms with E-state index in [1.807, 2.05) is 24.3 Å². The van der Waals surface area contributed by atoms with Crippen LogP contribution in [0.15, 0.2) is 97.2 Å². The van der Waals surface area contributed by atoms with Gasteiger partial charge in [0.05, 0.1) is 28.9 Å². The maximum Gasteiger partial charge on any atom is 0.411 e. The number of hydrogen-bond donors (Lipinski definition) is 3. The molecule has 2 aliphatic rings. The van der Waals surface area contributed by atoms with Gasteiger partial charge in [-0.05, 0) is 91.1 Å². The van der Waals surface area contributed by atoms with Crippen LogP contribution in [-0.2, 0) is 45.1 Å². The molecule has 3 atom stereocenters. The minimum absolute atomic E-state index is 0.0123. The van der Waals surface area contributed by atoms with Crippen LogP contribution in [0.1, 0.15) is 60.3 Å².